The quantitative estimate of drug-likeness (QED) is 0.789. The lowest BCUT2D eigenvalue weighted by molar-refractivity contribution is 0.0480. The van der Waals surface area contributed by atoms with Gasteiger partial charge in [0.05, 0.1) is 0 Å². The first-order chi connectivity index (χ1) is 9.65. The number of hydrogen-bond donors (Lipinski definition) is 1. The Labute approximate surface area is 132 Å². The molecule has 2 heterocycles. The summed E-state index contributed by atoms with van der Waals surface area (Å²) in [5.41, 5.74) is 0. The maximum Gasteiger partial charge on any atom is 0.191 e. The van der Waals surface area contributed by atoms with Gasteiger partial charge in [-0.15, -0.1) is 0 Å². The second-order valence-electron chi connectivity index (χ2n) is 8.80. The maximum absolute atomic E-state index is 9.86. The van der Waals surface area contributed by atoms with Crippen LogP contribution in [0.4, 0.5) is 0 Å². The molecule has 3 atom stereocenters. The first-order valence-electron chi connectivity index (χ1n) is 8.62. The molecule has 2 fully saturated rings. The molecule has 2 bridgehead atoms. The standard InChI is InChI=1S/C17H35NO2Si/c1-17(2,3)21(5,6)20-12-14(11-19)13-9-15-7-8-16(10-13)18(15)4/h13-16,19H,7-12H2,1-6H3. The lowest BCUT2D eigenvalue weighted by atomic mass is 9.82. The fourth-order valence-corrected chi connectivity index (χ4v) is 4.77. The Morgan fingerprint density at radius 3 is 2.14 bits per heavy atom. The minimum Gasteiger partial charge on any atom is -0.416 e. The van der Waals surface area contributed by atoms with E-state index in [2.05, 4.69) is 45.8 Å². The van der Waals surface area contributed by atoms with Crippen LogP contribution in [0.15, 0.2) is 0 Å². The number of nitrogens with zero attached hydrogens (tertiary/aromatic N) is 1. The normalized spacial score (nSPS) is 32.4. The molecule has 2 aliphatic rings. The Bertz CT molecular complexity index is 339. The van der Waals surface area contributed by atoms with Gasteiger partial charge in [0.15, 0.2) is 8.32 Å². The molecule has 2 rings (SSSR count). The Hall–Kier alpha value is 0.0969. The highest BCUT2D eigenvalue weighted by Gasteiger charge is 2.42. The van der Waals surface area contributed by atoms with E-state index in [4.69, 9.17) is 4.43 Å². The van der Waals surface area contributed by atoms with Crippen molar-refractivity contribution in [3.8, 4) is 0 Å². The summed E-state index contributed by atoms with van der Waals surface area (Å²) in [4.78, 5) is 2.57. The van der Waals surface area contributed by atoms with Gasteiger partial charge in [-0.25, -0.2) is 0 Å². The van der Waals surface area contributed by atoms with Crippen molar-refractivity contribution in [3.05, 3.63) is 0 Å². The summed E-state index contributed by atoms with van der Waals surface area (Å²) < 4.78 is 6.38. The summed E-state index contributed by atoms with van der Waals surface area (Å²) in [6.07, 6.45) is 5.19. The molecule has 3 unspecified atom stereocenters. The molecular formula is C17H35NO2Si. The van der Waals surface area contributed by atoms with E-state index in [9.17, 15) is 5.11 Å². The number of piperidine rings is 1. The summed E-state index contributed by atoms with van der Waals surface area (Å²) in [6.45, 7) is 12.5. The molecule has 4 heteroatoms. The summed E-state index contributed by atoms with van der Waals surface area (Å²) in [6, 6.07) is 1.49. The average Bonchev–Trinajstić information content (AvgIpc) is 2.62. The predicted octanol–water partition coefficient (Wildman–Crippen LogP) is 3.49. The van der Waals surface area contributed by atoms with E-state index in [1.807, 2.05) is 0 Å². The van der Waals surface area contributed by atoms with Gasteiger partial charge in [0.2, 0.25) is 0 Å². The summed E-state index contributed by atoms with van der Waals surface area (Å²) in [5.74, 6) is 0.976. The van der Waals surface area contributed by atoms with Crippen molar-refractivity contribution >= 4 is 8.32 Å². The molecule has 2 aliphatic heterocycles. The number of fused-ring (bicyclic) bond motifs is 2. The summed E-state index contributed by atoms with van der Waals surface area (Å²) in [5, 5.41) is 10.1. The van der Waals surface area contributed by atoms with Crippen LogP contribution in [0.1, 0.15) is 46.5 Å². The Kier molecular flexibility index (Phi) is 5.24. The minimum absolute atomic E-state index is 0.249. The number of aliphatic hydroxyl groups excluding tert-OH is 1. The lowest BCUT2D eigenvalue weighted by Crippen LogP contribution is -2.46. The van der Waals surface area contributed by atoms with E-state index in [1.54, 1.807) is 0 Å². The zero-order valence-corrected chi connectivity index (χ0v) is 15.9. The molecule has 0 aromatic carbocycles. The molecule has 21 heavy (non-hydrogen) atoms. The van der Waals surface area contributed by atoms with Gasteiger partial charge in [0.1, 0.15) is 0 Å². The van der Waals surface area contributed by atoms with E-state index < -0.39 is 8.32 Å². The fraction of sp³-hybridized carbons (Fsp3) is 1.00. The fourth-order valence-electron chi connectivity index (χ4n) is 3.71. The van der Waals surface area contributed by atoms with E-state index in [1.165, 1.54) is 25.7 Å². The van der Waals surface area contributed by atoms with Crippen molar-refractivity contribution < 1.29 is 9.53 Å². The van der Waals surface area contributed by atoms with Gasteiger partial charge in [-0.2, -0.15) is 0 Å². The highest BCUT2D eigenvalue weighted by molar-refractivity contribution is 6.74. The molecule has 0 aromatic heterocycles. The molecular weight excluding hydrogens is 278 g/mol. The Morgan fingerprint density at radius 1 is 1.19 bits per heavy atom. The van der Waals surface area contributed by atoms with Crippen molar-refractivity contribution in [3.63, 3.8) is 0 Å². The molecule has 0 saturated carbocycles. The van der Waals surface area contributed by atoms with Crippen LogP contribution in [0.5, 0.6) is 0 Å². The highest BCUT2D eigenvalue weighted by atomic mass is 28.4. The molecule has 0 radical (unpaired) electrons. The van der Waals surface area contributed by atoms with Crippen LogP contribution in [0.3, 0.4) is 0 Å². The highest BCUT2D eigenvalue weighted by Crippen LogP contribution is 2.41. The number of aliphatic hydroxyl groups is 1. The van der Waals surface area contributed by atoms with Crippen LogP contribution in [0.2, 0.25) is 18.1 Å². The van der Waals surface area contributed by atoms with Gasteiger partial charge < -0.3 is 14.4 Å². The van der Waals surface area contributed by atoms with Gasteiger partial charge in [-0.05, 0) is 56.8 Å². The van der Waals surface area contributed by atoms with Crippen LogP contribution < -0.4 is 0 Å². The monoisotopic (exact) mass is 313 g/mol. The van der Waals surface area contributed by atoms with Crippen LogP contribution in [-0.2, 0) is 4.43 Å². The maximum atomic E-state index is 9.86. The topological polar surface area (TPSA) is 32.7 Å². The average molecular weight is 314 g/mol. The SMILES string of the molecule is CN1C2CCC1CC(C(CO)CO[Si](C)(C)C(C)(C)C)C2. The van der Waals surface area contributed by atoms with Gasteiger partial charge in [-0.3, -0.25) is 0 Å². The molecule has 2 saturated heterocycles. The minimum atomic E-state index is -1.70. The van der Waals surface area contributed by atoms with Gasteiger partial charge in [0.25, 0.3) is 0 Å². The number of rotatable bonds is 5. The molecule has 0 spiro atoms. The zero-order valence-electron chi connectivity index (χ0n) is 14.9. The third kappa shape index (κ3) is 3.71. The second kappa shape index (κ2) is 6.30. The largest absolute Gasteiger partial charge is 0.416 e. The van der Waals surface area contributed by atoms with Gasteiger partial charge >= 0.3 is 0 Å². The van der Waals surface area contributed by atoms with E-state index >= 15 is 0 Å². The molecule has 0 amide bonds. The molecule has 0 aliphatic carbocycles. The van der Waals surface area contributed by atoms with Gasteiger partial charge in [0, 0.05) is 31.2 Å². The van der Waals surface area contributed by atoms with E-state index in [-0.39, 0.29) is 11.6 Å². The predicted molar refractivity (Wildman–Crippen MR) is 91.0 cm³/mol. The van der Waals surface area contributed by atoms with Crippen molar-refractivity contribution in [2.24, 2.45) is 11.8 Å². The van der Waals surface area contributed by atoms with Crippen LogP contribution in [0, 0.1) is 11.8 Å². The zero-order chi connectivity index (χ0) is 15.8. The molecule has 0 aromatic rings. The molecule has 1 N–H and O–H groups in total. The van der Waals surface area contributed by atoms with Gasteiger partial charge in [-0.1, -0.05) is 20.8 Å². The lowest BCUT2D eigenvalue weighted by Gasteiger charge is -2.41. The van der Waals surface area contributed by atoms with Crippen molar-refractivity contribution in [2.45, 2.75) is 76.7 Å². The first kappa shape index (κ1) is 17.5. The van der Waals surface area contributed by atoms with Crippen molar-refractivity contribution in [1.82, 2.24) is 4.90 Å². The third-order valence-electron chi connectivity index (χ3n) is 6.50. The van der Waals surface area contributed by atoms with Crippen molar-refractivity contribution in [2.75, 3.05) is 20.3 Å². The van der Waals surface area contributed by atoms with E-state index in [0.717, 1.165) is 18.7 Å². The smallest absolute Gasteiger partial charge is 0.191 e. The Morgan fingerprint density at radius 2 is 1.71 bits per heavy atom. The first-order valence-corrected chi connectivity index (χ1v) is 11.5. The summed E-state index contributed by atoms with van der Waals surface area (Å²) in [7, 11) is 0.576. The van der Waals surface area contributed by atoms with Crippen molar-refractivity contribution in [1.29, 1.82) is 0 Å². The molecule has 124 valence electrons. The van der Waals surface area contributed by atoms with Crippen LogP contribution in [-0.4, -0.2) is 50.7 Å². The number of hydrogen-bond acceptors (Lipinski definition) is 3. The van der Waals surface area contributed by atoms with Crippen LogP contribution in [0.25, 0.3) is 0 Å². The second-order valence-corrected chi connectivity index (χ2v) is 13.6. The molecule has 3 nitrogen and oxygen atoms in total. The van der Waals surface area contributed by atoms with E-state index in [0.29, 0.717) is 11.8 Å². The van der Waals surface area contributed by atoms with Crippen LogP contribution >= 0.6 is 0 Å². The Balaban J connectivity index is 1.92. The third-order valence-corrected chi connectivity index (χ3v) is 11.0. The summed E-state index contributed by atoms with van der Waals surface area (Å²) >= 11 is 0.